The maximum absolute atomic E-state index is 14.4. The molecule has 2 amide bonds. The van der Waals surface area contributed by atoms with E-state index in [1.165, 1.54) is 44.2 Å². The van der Waals surface area contributed by atoms with Crippen molar-refractivity contribution in [3.63, 3.8) is 0 Å². The summed E-state index contributed by atoms with van der Waals surface area (Å²) in [7, 11) is 0. The Morgan fingerprint density at radius 1 is 0.847 bits per heavy atom. The van der Waals surface area contributed by atoms with E-state index >= 15 is 0 Å². The van der Waals surface area contributed by atoms with Crippen LogP contribution in [0.4, 0.5) is 0 Å². The third kappa shape index (κ3) is 12.8. The fourth-order valence-corrected chi connectivity index (χ4v) is 7.32. The highest BCUT2D eigenvalue weighted by atomic mass is 32.2. The highest BCUT2D eigenvalue weighted by Crippen LogP contribution is 2.40. The average molecular weight is 833 g/mol. The van der Waals surface area contributed by atoms with Gasteiger partial charge < -0.3 is 36.2 Å². The number of Topliss-reactive ketones (excluding diaryl/α,β-unsaturated/α-hetero) is 4. The molecule has 0 aromatic heterocycles. The lowest BCUT2D eigenvalue weighted by Gasteiger charge is -2.25. The molecule has 1 unspecified atom stereocenters. The van der Waals surface area contributed by atoms with Crippen molar-refractivity contribution >= 4 is 52.7 Å². The van der Waals surface area contributed by atoms with Gasteiger partial charge in [-0.05, 0) is 50.0 Å². The molecular weight excluding hydrogens is 781 g/mol. The molecule has 59 heavy (non-hydrogen) atoms. The molecule has 7 N–H and O–H groups in total. The first kappa shape index (κ1) is 47.9. The van der Waals surface area contributed by atoms with Crippen LogP contribution in [0.5, 0.6) is 5.75 Å². The number of phenols is 1. The van der Waals surface area contributed by atoms with Gasteiger partial charge in [-0.25, -0.2) is 4.79 Å². The summed E-state index contributed by atoms with van der Waals surface area (Å²) in [6.45, 7) is 10.6. The number of carboxylic acids is 1. The summed E-state index contributed by atoms with van der Waals surface area (Å²) >= 11 is 0.556. The Kier molecular flexibility index (Phi) is 17.5. The molecule has 0 spiro atoms. The van der Waals surface area contributed by atoms with E-state index in [4.69, 9.17) is 0 Å². The molecule has 0 fully saturated rings. The van der Waals surface area contributed by atoms with E-state index in [0.29, 0.717) is 17.3 Å². The lowest BCUT2D eigenvalue weighted by Crippen LogP contribution is -2.42. The number of rotatable bonds is 5. The van der Waals surface area contributed by atoms with E-state index < -0.39 is 110 Å². The predicted molar refractivity (Wildman–Crippen MR) is 223 cm³/mol. The van der Waals surface area contributed by atoms with Gasteiger partial charge in [0.05, 0.1) is 28.8 Å². The van der Waals surface area contributed by atoms with E-state index in [1.54, 1.807) is 58.1 Å². The Morgan fingerprint density at radius 3 is 2.15 bits per heavy atom. The number of carbonyl (C=O) groups is 7. The van der Waals surface area contributed by atoms with E-state index in [-0.39, 0.29) is 35.3 Å². The summed E-state index contributed by atoms with van der Waals surface area (Å²) in [5, 5.41) is 58.0. The van der Waals surface area contributed by atoms with Crippen LogP contribution < -0.4 is 10.6 Å². The van der Waals surface area contributed by atoms with Crippen molar-refractivity contribution in [3.8, 4) is 5.75 Å². The van der Waals surface area contributed by atoms with E-state index in [0.717, 1.165) is 13.0 Å². The quantitative estimate of drug-likeness (QED) is 0.204. The normalized spacial score (nSPS) is 24.8. The number of ketones is 4. The molecule has 2 aliphatic heterocycles. The Morgan fingerprint density at radius 2 is 1.51 bits per heavy atom. The highest BCUT2D eigenvalue weighted by Gasteiger charge is 2.39. The van der Waals surface area contributed by atoms with Gasteiger partial charge in [0.15, 0.2) is 11.6 Å². The Labute approximate surface area is 347 Å². The lowest BCUT2D eigenvalue weighted by molar-refractivity contribution is -0.140. The number of aromatic hydroxyl groups is 1. The molecule has 2 heterocycles. The molecule has 3 aliphatic rings. The summed E-state index contributed by atoms with van der Waals surface area (Å²) in [5.74, 6) is -8.71. The molecule has 15 heteroatoms. The molecule has 1 aliphatic carbocycles. The molecule has 14 nitrogen and oxygen atoms in total. The largest absolute Gasteiger partial charge is 0.507 e. The Bertz CT molecular complexity index is 2090. The molecule has 1 aromatic rings. The van der Waals surface area contributed by atoms with Crippen LogP contribution in [0.15, 0.2) is 88.6 Å². The smallest absolute Gasteiger partial charge is 0.327 e. The van der Waals surface area contributed by atoms with Crippen LogP contribution in [0.25, 0.3) is 0 Å². The zero-order valence-electron chi connectivity index (χ0n) is 34.0. The van der Waals surface area contributed by atoms with Crippen molar-refractivity contribution < 1.29 is 59.1 Å². The number of amides is 2. The molecular formula is C44H52N2O12S. The van der Waals surface area contributed by atoms with Crippen LogP contribution in [0.2, 0.25) is 0 Å². The minimum absolute atomic E-state index is 0.00628. The van der Waals surface area contributed by atoms with Crippen molar-refractivity contribution in [3.05, 3.63) is 111 Å². The third-order valence-corrected chi connectivity index (χ3v) is 11.0. The first-order chi connectivity index (χ1) is 27.7. The van der Waals surface area contributed by atoms with Gasteiger partial charge in [-0.2, -0.15) is 0 Å². The molecule has 316 valence electrons. The van der Waals surface area contributed by atoms with Gasteiger partial charge in [0.1, 0.15) is 17.5 Å². The number of carbonyl (C=O) groups excluding carboxylic acids is 6. The topological polar surface area (TPSA) is 245 Å². The van der Waals surface area contributed by atoms with Crippen molar-refractivity contribution in [1.82, 2.24) is 10.6 Å². The van der Waals surface area contributed by atoms with Crippen LogP contribution in [-0.2, 0) is 19.2 Å². The van der Waals surface area contributed by atoms with E-state index in [1.807, 2.05) is 0 Å². The number of aliphatic hydroxyl groups excluding tert-OH is 3. The molecule has 0 radical (unpaired) electrons. The van der Waals surface area contributed by atoms with Crippen molar-refractivity contribution in [2.45, 2.75) is 85.7 Å². The second kappa shape index (κ2) is 21.5. The number of thioether (sulfide) groups is 1. The summed E-state index contributed by atoms with van der Waals surface area (Å²) in [5.41, 5.74) is -1.35. The summed E-state index contributed by atoms with van der Waals surface area (Å²) in [6, 6.07) is -0.315. The molecule has 1 aromatic carbocycles. The number of nitrogens with one attached hydrogen (secondary N) is 2. The Hall–Kier alpha value is -5.48. The SMILES string of the molecule is CC(=O)NC(CSC1=C2NC(=O)C=CC=CC=C[C@H](C)[C@@H](O)CC(=O)C(C)=CC[C@H](O)C=C[C@H](C)[C@H](O)[C@@H](C)C=C(C)C(=O)c3c(O)c(C)cc(c3C1=O)C2=O)C(=O)O. The highest BCUT2D eigenvalue weighted by molar-refractivity contribution is 8.04. The van der Waals surface area contributed by atoms with Gasteiger partial charge in [-0.15, -0.1) is 11.8 Å². The summed E-state index contributed by atoms with van der Waals surface area (Å²) in [4.78, 5) is 92.0. The zero-order chi connectivity index (χ0) is 44.3. The number of aryl methyl sites for hydroxylation is 1. The van der Waals surface area contributed by atoms with Crippen molar-refractivity contribution in [1.29, 1.82) is 0 Å². The van der Waals surface area contributed by atoms with Gasteiger partial charge in [0.25, 0.3) is 0 Å². The fraction of sp³-hybridized carbons (Fsp3) is 0.386. The maximum Gasteiger partial charge on any atom is 0.327 e. The van der Waals surface area contributed by atoms with Gasteiger partial charge in [0.2, 0.25) is 23.4 Å². The lowest BCUT2D eigenvalue weighted by atomic mass is 9.83. The first-order valence-corrected chi connectivity index (χ1v) is 20.0. The summed E-state index contributed by atoms with van der Waals surface area (Å²) in [6.07, 6.45) is 11.6. The van der Waals surface area contributed by atoms with Gasteiger partial charge in [0, 0.05) is 54.1 Å². The van der Waals surface area contributed by atoms with Crippen molar-refractivity contribution in [2.24, 2.45) is 17.8 Å². The van der Waals surface area contributed by atoms with Crippen molar-refractivity contribution in [2.75, 3.05) is 5.75 Å². The van der Waals surface area contributed by atoms with Crippen LogP contribution >= 0.6 is 11.8 Å². The molecule has 0 saturated heterocycles. The first-order valence-electron chi connectivity index (χ1n) is 19.0. The maximum atomic E-state index is 14.4. The predicted octanol–water partition coefficient (Wildman–Crippen LogP) is 4.38. The fourth-order valence-electron chi connectivity index (χ4n) is 6.24. The Balaban J connectivity index is 2.19. The minimum Gasteiger partial charge on any atom is -0.507 e. The standard InChI is InChI=1S/C44H52N2O12S/c1-22-12-10-8-9-11-13-34(51)46-37-41(55)30-19-27(6)40(54)36(35(30)42(56)43(37)59-21-31(44(57)58)45-28(7)47)39(53)26(5)18-25(4)38(52)24(3)15-17-29(48)16-14-23(2)33(50)20-32(22)49/h8-15,17-19,22,24-25,29,31-32,38,48-49,52,54H,16,20-21H2,1-7H3,(H,45,47)(H,46,51)(H,57,58)/t22-,24-,25-,29-,31?,32-,38-/m0/s1. The second-order valence-corrected chi connectivity index (χ2v) is 15.8. The van der Waals surface area contributed by atoms with Crippen LogP contribution in [0.1, 0.15) is 91.0 Å². The van der Waals surface area contributed by atoms with Gasteiger partial charge >= 0.3 is 5.97 Å². The number of hydrogen-bond donors (Lipinski definition) is 7. The number of phenolic OH excluding ortho intramolecular Hbond substituents is 1. The van der Waals surface area contributed by atoms with Crippen LogP contribution in [0, 0.1) is 24.7 Å². The summed E-state index contributed by atoms with van der Waals surface area (Å²) < 4.78 is 0. The number of hydrogen-bond acceptors (Lipinski definition) is 12. The van der Waals surface area contributed by atoms with Gasteiger partial charge in [-0.1, -0.05) is 75.5 Å². The number of aliphatic hydroxyl groups is 3. The molecule has 7 atom stereocenters. The van der Waals surface area contributed by atoms with Crippen LogP contribution in [0.3, 0.4) is 0 Å². The third-order valence-electron chi connectivity index (χ3n) is 9.86. The number of carboxylic acid groups (broad SMARTS) is 1. The molecule has 0 saturated carbocycles. The van der Waals surface area contributed by atoms with Gasteiger partial charge in [-0.3, -0.25) is 28.8 Å². The van der Waals surface area contributed by atoms with E-state index in [2.05, 4.69) is 10.6 Å². The number of fused-ring (bicyclic) bond motifs is 18. The second-order valence-electron chi connectivity index (χ2n) is 14.7. The molecule has 4 bridgehead atoms. The number of aliphatic carboxylic acids is 1. The average Bonchev–Trinajstić information content (AvgIpc) is 3.17. The monoisotopic (exact) mass is 832 g/mol. The number of allylic oxidation sites excluding steroid dienone is 8. The molecule has 4 rings (SSSR count). The number of benzene rings is 1. The minimum atomic E-state index is -1.52. The van der Waals surface area contributed by atoms with E-state index in [9.17, 15) is 59.1 Å². The zero-order valence-corrected chi connectivity index (χ0v) is 34.8. The van der Waals surface area contributed by atoms with Crippen LogP contribution in [-0.4, -0.2) is 96.6 Å².